The number of aryl methyl sites for hydroxylation is 2. The molecule has 0 radical (unpaired) electrons. The summed E-state index contributed by atoms with van der Waals surface area (Å²) in [4.78, 5) is 0. The molecule has 1 N–H and O–H groups in total. The van der Waals surface area contributed by atoms with Crippen LogP contribution in [-0.2, 0) is 0 Å². The molecule has 2 heteroatoms. The normalized spacial score (nSPS) is 12.8. The zero-order valence-corrected chi connectivity index (χ0v) is 11.7. The van der Waals surface area contributed by atoms with E-state index in [1.54, 1.807) is 0 Å². The van der Waals surface area contributed by atoms with Crippen molar-refractivity contribution in [1.29, 1.82) is 0 Å². The van der Waals surface area contributed by atoms with Crippen molar-refractivity contribution in [2.45, 2.75) is 33.2 Å². The third-order valence-corrected chi connectivity index (χ3v) is 3.64. The number of thioether (sulfide) groups is 1. The van der Waals surface area contributed by atoms with E-state index in [0.29, 0.717) is 6.04 Å². The molecule has 0 spiro atoms. The van der Waals surface area contributed by atoms with Crippen LogP contribution in [0.1, 0.15) is 36.1 Å². The fourth-order valence-electron chi connectivity index (χ4n) is 1.85. The van der Waals surface area contributed by atoms with Crippen molar-refractivity contribution in [3.8, 4) is 0 Å². The number of nitrogens with one attached hydrogen (secondary N) is 1. The quantitative estimate of drug-likeness (QED) is 0.809. The van der Waals surface area contributed by atoms with Crippen molar-refractivity contribution in [2.75, 3.05) is 18.6 Å². The second-order valence-electron chi connectivity index (χ2n) is 4.24. The van der Waals surface area contributed by atoms with Gasteiger partial charge in [-0.05, 0) is 55.5 Å². The van der Waals surface area contributed by atoms with Gasteiger partial charge in [0.2, 0.25) is 0 Å². The molecule has 0 aliphatic carbocycles. The maximum atomic E-state index is 3.57. The van der Waals surface area contributed by atoms with Crippen LogP contribution >= 0.6 is 11.8 Å². The maximum Gasteiger partial charge on any atom is 0.0328 e. The summed E-state index contributed by atoms with van der Waals surface area (Å²) in [6.45, 7) is 7.57. The van der Waals surface area contributed by atoms with Crippen LogP contribution in [0.4, 0.5) is 0 Å². The van der Waals surface area contributed by atoms with Crippen LogP contribution in [0.2, 0.25) is 0 Å². The number of benzene rings is 1. The summed E-state index contributed by atoms with van der Waals surface area (Å²) in [6, 6.07) is 7.32. The molecule has 0 aliphatic heterocycles. The summed E-state index contributed by atoms with van der Waals surface area (Å²) >= 11 is 1.92. The van der Waals surface area contributed by atoms with Gasteiger partial charge < -0.3 is 5.32 Å². The molecule has 0 saturated heterocycles. The third-order valence-electron chi connectivity index (χ3n) is 2.99. The first-order valence-electron chi connectivity index (χ1n) is 5.98. The Bertz CT molecular complexity index is 323. The van der Waals surface area contributed by atoms with E-state index in [2.05, 4.69) is 50.5 Å². The molecule has 0 aliphatic rings. The lowest BCUT2D eigenvalue weighted by Gasteiger charge is -2.19. The van der Waals surface area contributed by atoms with Crippen molar-refractivity contribution in [2.24, 2.45) is 0 Å². The molecule has 0 bridgehead atoms. The summed E-state index contributed by atoms with van der Waals surface area (Å²) in [5, 5.41) is 3.57. The van der Waals surface area contributed by atoms with E-state index >= 15 is 0 Å². The number of rotatable bonds is 6. The predicted octanol–water partition coefficient (Wildman–Crippen LogP) is 3.71. The minimum Gasteiger partial charge on any atom is -0.310 e. The van der Waals surface area contributed by atoms with Crippen LogP contribution in [0.15, 0.2) is 18.2 Å². The first-order valence-corrected chi connectivity index (χ1v) is 7.38. The van der Waals surface area contributed by atoms with Gasteiger partial charge in [0.15, 0.2) is 0 Å². The molecule has 16 heavy (non-hydrogen) atoms. The van der Waals surface area contributed by atoms with Gasteiger partial charge in [-0.1, -0.05) is 25.1 Å². The molecule has 1 unspecified atom stereocenters. The zero-order valence-electron chi connectivity index (χ0n) is 10.8. The Morgan fingerprint density at radius 1 is 1.25 bits per heavy atom. The van der Waals surface area contributed by atoms with Crippen molar-refractivity contribution in [1.82, 2.24) is 5.32 Å². The van der Waals surface area contributed by atoms with Crippen LogP contribution in [-0.4, -0.2) is 18.6 Å². The standard InChI is InChI=1S/C14H23NS/c1-5-15-14(8-9-16-4)13-7-6-11(2)12(3)10-13/h6-7,10,14-15H,5,8-9H2,1-4H3. The SMILES string of the molecule is CCNC(CCSC)c1ccc(C)c(C)c1. The minimum absolute atomic E-state index is 0.511. The average Bonchev–Trinajstić information content (AvgIpc) is 2.28. The highest BCUT2D eigenvalue weighted by atomic mass is 32.2. The van der Waals surface area contributed by atoms with Gasteiger partial charge in [-0.3, -0.25) is 0 Å². The highest BCUT2D eigenvalue weighted by Crippen LogP contribution is 2.21. The van der Waals surface area contributed by atoms with E-state index in [1.165, 1.54) is 28.9 Å². The Morgan fingerprint density at radius 3 is 2.56 bits per heavy atom. The smallest absolute Gasteiger partial charge is 0.0328 e. The lowest BCUT2D eigenvalue weighted by molar-refractivity contribution is 0.541. The monoisotopic (exact) mass is 237 g/mol. The highest BCUT2D eigenvalue weighted by molar-refractivity contribution is 7.98. The molecule has 90 valence electrons. The zero-order chi connectivity index (χ0) is 12.0. The van der Waals surface area contributed by atoms with Gasteiger partial charge in [-0.2, -0.15) is 11.8 Å². The fraction of sp³-hybridized carbons (Fsp3) is 0.571. The summed E-state index contributed by atoms with van der Waals surface area (Å²) in [6.07, 6.45) is 3.38. The fourth-order valence-corrected chi connectivity index (χ4v) is 2.32. The predicted molar refractivity (Wildman–Crippen MR) is 75.3 cm³/mol. The lowest BCUT2D eigenvalue weighted by atomic mass is 9.99. The second-order valence-corrected chi connectivity index (χ2v) is 5.22. The van der Waals surface area contributed by atoms with E-state index < -0.39 is 0 Å². The van der Waals surface area contributed by atoms with Crippen LogP contribution < -0.4 is 5.32 Å². The lowest BCUT2D eigenvalue weighted by Crippen LogP contribution is -2.21. The van der Waals surface area contributed by atoms with Crippen molar-refractivity contribution >= 4 is 11.8 Å². The van der Waals surface area contributed by atoms with E-state index in [9.17, 15) is 0 Å². The Labute approximate surface area is 104 Å². The van der Waals surface area contributed by atoms with Crippen LogP contribution in [0.3, 0.4) is 0 Å². The van der Waals surface area contributed by atoms with Crippen LogP contribution in [0, 0.1) is 13.8 Å². The van der Waals surface area contributed by atoms with Gasteiger partial charge in [-0.15, -0.1) is 0 Å². The molecular formula is C14H23NS. The molecule has 0 aromatic heterocycles. The molecule has 1 aromatic carbocycles. The minimum atomic E-state index is 0.511. The van der Waals surface area contributed by atoms with E-state index in [1.807, 2.05) is 11.8 Å². The van der Waals surface area contributed by atoms with Gasteiger partial charge in [0.25, 0.3) is 0 Å². The summed E-state index contributed by atoms with van der Waals surface area (Å²) in [7, 11) is 0. The van der Waals surface area contributed by atoms with Gasteiger partial charge in [0.1, 0.15) is 0 Å². The molecular weight excluding hydrogens is 214 g/mol. The molecule has 1 rings (SSSR count). The largest absolute Gasteiger partial charge is 0.310 e. The average molecular weight is 237 g/mol. The molecule has 0 fully saturated rings. The number of hydrogen-bond donors (Lipinski definition) is 1. The Kier molecular flexibility index (Phi) is 5.93. The molecule has 0 saturated carbocycles. The van der Waals surface area contributed by atoms with Gasteiger partial charge in [0, 0.05) is 6.04 Å². The summed E-state index contributed by atoms with van der Waals surface area (Å²) in [5.74, 6) is 1.21. The Morgan fingerprint density at radius 2 is 2.00 bits per heavy atom. The van der Waals surface area contributed by atoms with Crippen LogP contribution in [0.5, 0.6) is 0 Å². The second kappa shape index (κ2) is 6.97. The molecule has 1 nitrogen and oxygen atoms in total. The molecule has 0 amide bonds. The molecule has 0 heterocycles. The van der Waals surface area contributed by atoms with Crippen LogP contribution in [0.25, 0.3) is 0 Å². The van der Waals surface area contributed by atoms with E-state index in [4.69, 9.17) is 0 Å². The molecule has 1 aromatic rings. The van der Waals surface area contributed by atoms with E-state index in [0.717, 1.165) is 6.54 Å². The molecule has 1 atom stereocenters. The highest BCUT2D eigenvalue weighted by Gasteiger charge is 2.10. The van der Waals surface area contributed by atoms with Crippen molar-refractivity contribution < 1.29 is 0 Å². The topological polar surface area (TPSA) is 12.0 Å². The van der Waals surface area contributed by atoms with Gasteiger partial charge in [-0.25, -0.2) is 0 Å². The van der Waals surface area contributed by atoms with Crippen molar-refractivity contribution in [3.05, 3.63) is 34.9 Å². The summed E-state index contributed by atoms with van der Waals surface area (Å²) < 4.78 is 0. The Balaban J connectivity index is 2.78. The maximum absolute atomic E-state index is 3.57. The van der Waals surface area contributed by atoms with Gasteiger partial charge >= 0.3 is 0 Å². The Hall–Kier alpha value is -0.470. The van der Waals surface area contributed by atoms with Gasteiger partial charge in [0.05, 0.1) is 0 Å². The number of hydrogen-bond acceptors (Lipinski definition) is 2. The van der Waals surface area contributed by atoms with E-state index in [-0.39, 0.29) is 0 Å². The first-order chi connectivity index (χ1) is 7.69. The summed E-state index contributed by atoms with van der Waals surface area (Å²) in [5.41, 5.74) is 4.20. The first kappa shape index (κ1) is 13.6. The van der Waals surface area contributed by atoms with Crippen molar-refractivity contribution in [3.63, 3.8) is 0 Å². The third kappa shape index (κ3) is 3.84.